The van der Waals surface area contributed by atoms with Crippen LogP contribution in [0.15, 0.2) is 24.3 Å². The Morgan fingerprint density at radius 1 is 1.33 bits per heavy atom. The molecule has 0 bridgehead atoms. The van der Waals surface area contributed by atoms with Crippen LogP contribution in [0.2, 0.25) is 0 Å². The second-order valence-corrected chi connectivity index (χ2v) is 6.68. The van der Waals surface area contributed by atoms with Gasteiger partial charge in [-0.05, 0) is 39.2 Å². The predicted molar refractivity (Wildman–Crippen MR) is 81.1 cm³/mol. The lowest BCUT2D eigenvalue weighted by atomic mass is 9.63. The molecular weight excluding hydrogens is 266 g/mol. The number of benzene rings is 1. The summed E-state index contributed by atoms with van der Waals surface area (Å²) in [6.45, 7) is 5.40. The highest BCUT2D eigenvalue weighted by Crippen LogP contribution is 2.44. The molecule has 1 amide bonds. The fraction of sp³-hybridized carbons (Fsp3) is 0.529. The molecule has 4 nitrogen and oxygen atoms in total. The minimum absolute atomic E-state index is 0.0475. The van der Waals surface area contributed by atoms with Crippen molar-refractivity contribution in [2.45, 2.75) is 45.4 Å². The van der Waals surface area contributed by atoms with E-state index in [0.29, 0.717) is 0 Å². The maximum absolute atomic E-state index is 12.6. The monoisotopic (exact) mass is 289 g/mol. The summed E-state index contributed by atoms with van der Waals surface area (Å²) >= 11 is 0. The summed E-state index contributed by atoms with van der Waals surface area (Å²) in [6.07, 6.45) is 2.69. The summed E-state index contributed by atoms with van der Waals surface area (Å²) < 4.78 is 0. The first-order chi connectivity index (χ1) is 9.78. The van der Waals surface area contributed by atoms with Gasteiger partial charge < -0.3 is 10.4 Å². The number of amides is 1. The Morgan fingerprint density at radius 2 is 2.00 bits per heavy atom. The molecule has 1 aromatic carbocycles. The Bertz CT molecular complexity index is 559. The zero-order valence-corrected chi connectivity index (χ0v) is 12.9. The van der Waals surface area contributed by atoms with E-state index in [4.69, 9.17) is 5.11 Å². The number of carboxylic acids is 1. The molecule has 0 radical (unpaired) electrons. The van der Waals surface area contributed by atoms with Crippen LogP contribution < -0.4 is 5.32 Å². The van der Waals surface area contributed by atoms with Gasteiger partial charge in [0.05, 0.1) is 10.8 Å². The molecule has 0 unspecified atom stereocenters. The van der Waals surface area contributed by atoms with Crippen LogP contribution in [0.25, 0.3) is 0 Å². The Kier molecular flexibility index (Phi) is 4.08. The zero-order chi connectivity index (χ0) is 15.7. The van der Waals surface area contributed by atoms with Gasteiger partial charge in [0.2, 0.25) is 5.91 Å². The minimum atomic E-state index is -0.951. The van der Waals surface area contributed by atoms with Crippen molar-refractivity contribution in [2.24, 2.45) is 5.41 Å². The molecule has 2 N–H and O–H groups in total. The number of rotatable bonds is 5. The molecule has 1 aromatic rings. The van der Waals surface area contributed by atoms with Crippen LogP contribution in [-0.4, -0.2) is 23.5 Å². The average molecular weight is 289 g/mol. The Labute approximate surface area is 125 Å². The van der Waals surface area contributed by atoms with Gasteiger partial charge in [0.25, 0.3) is 0 Å². The molecule has 0 atom stereocenters. The van der Waals surface area contributed by atoms with Gasteiger partial charge in [0.15, 0.2) is 0 Å². The van der Waals surface area contributed by atoms with Gasteiger partial charge in [0, 0.05) is 6.54 Å². The molecule has 1 aliphatic carbocycles. The maximum Gasteiger partial charge on any atom is 0.310 e. The first-order valence-corrected chi connectivity index (χ1v) is 7.37. The third-order valence-corrected chi connectivity index (χ3v) is 4.48. The third-order valence-electron chi connectivity index (χ3n) is 4.48. The van der Waals surface area contributed by atoms with E-state index in [0.717, 1.165) is 30.4 Å². The lowest BCUT2D eigenvalue weighted by molar-refractivity contribution is -0.147. The Balaban J connectivity index is 2.14. The van der Waals surface area contributed by atoms with Gasteiger partial charge in [-0.25, -0.2) is 0 Å². The van der Waals surface area contributed by atoms with E-state index in [1.165, 1.54) is 0 Å². The molecule has 2 rings (SSSR count). The highest BCUT2D eigenvalue weighted by atomic mass is 16.4. The molecule has 0 spiro atoms. The van der Waals surface area contributed by atoms with Crippen molar-refractivity contribution in [3.8, 4) is 0 Å². The summed E-state index contributed by atoms with van der Waals surface area (Å²) in [5.74, 6) is -0.949. The fourth-order valence-corrected chi connectivity index (χ4v) is 2.67. The van der Waals surface area contributed by atoms with Gasteiger partial charge in [-0.2, -0.15) is 0 Å². The molecule has 0 aliphatic heterocycles. The molecule has 0 saturated heterocycles. The number of carboxylic acid groups (broad SMARTS) is 1. The van der Waals surface area contributed by atoms with Crippen molar-refractivity contribution in [3.05, 3.63) is 35.4 Å². The number of carbonyl (C=O) groups excluding carboxylic acids is 1. The number of hydrogen-bond donors (Lipinski definition) is 2. The average Bonchev–Trinajstić information content (AvgIpc) is 2.35. The van der Waals surface area contributed by atoms with Crippen LogP contribution in [0.4, 0.5) is 0 Å². The van der Waals surface area contributed by atoms with Crippen molar-refractivity contribution in [1.29, 1.82) is 0 Å². The quantitative estimate of drug-likeness (QED) is 0.875. The van der Waals surface area contributed by atoms with E-state index < -0.39 is 16.8 Å². The van der Waals surface area contributed by atoms with Crippen molar-refractivity contribution in [2.75, 3.05) is 6.54 Å². The molecule has 0 heterocycles. The Morgan fingerprint density at radius 3 is 2.48 bits per heavy atom. The standard InChI is InChI=1S/C17H23NO3/c1-12-6-4-7-13(10-12)17(8-5-9-17)14(19)18-11-16(2,3)15(20)21/h4,6-7,10H,5,8-9,11H2,1-3H3,(H,18,19)(H,20,21). The summed E-state index contributed by atoms with van der Waals surface area (Å²) in [7, 11) is 0. The van der Waals surface area contributed by atoms with Gasteiger partial charge in [0.1, 0.15) is 0 Å². The fourth-order valence-electron chi connectivity index (χ4n) is 2.67. The van der Waals surface area contributed by atoms with Crippen molar-refractivity contribution in [1.82, 2.24) is 5.32 Å². The first kappa shape index (κ1) is 15.5. The normalized spacial score (nSPS) is 16.9. The number of aliphatic carboxylic acids is 1. The number of hydrogen-bond acceptors (Lipinski definition) is 2. The molecule has 4 heteroatoms. The molecule has 21 heavy (non-hydrogen) atoms. The van der Waals surface area contributed by atoms with E-state index in [1.807, 2.05) is 25.1 Å². The van der Waals surface area contributed by atoms with Gasteiger partial charge in [-0.15, -0.1) is 0 Å². The lowest BCUT2D eigenvalue weighted by Crippen LogP contribution is -2.51. The smallest absolute Gasteiger partial charge is 0.310 e. The summed E-state index contributed by atoms with van der Waals surface area (Å²) in [6, 6.07) is 8.04. The largest absolute Gasteiger partial charge is 0.481 e. The molecule has 1 aliphatic rings. The molecule has 0 aromatic heterocycles. The highest BCUT2D eigenvalue weighted by molar-refractivity contribution is 5.89. The van der Waals surface area contributed by atoms with E-state index in [9.17, 15) is 9.59 Å². The van der Waals surface area contributed by atoms with Crippen LogP contribution >= 0.6 is 0 Å². The van der Waals surface area contributed by atoms with E-state index in [-0.39, 0.29) is 12.5 Å². The summed E-state index contributed by atoms with van der Waals surface area (Å²) in [5, 5.41) is 12.0. The van der Waals surface area contributed by atoms with Crippen molar-refractivity contribution < 1.29 is 14.7 Å². The van der Waals surface area contributed by atoms with Crippen LogP contribution in [0.1, 0.15) is 44.2 Å². The minimum Gasteiger partial charge on any atom is -0.481 e. The number of nitrogens with one attached hydrogen (secondary N) is 1. The first-order valence-electron chi connectivity index (χ1n) is 7.37. The van der Waals surface area contributed by atoms with Gasteiger partial charge in [-0.3, -0.25) is 9.59 Å². The maximum atomic E-state index is 12.6. The molecular formula is C17H23NO3. The third kappa shape index (κ3) is 2.94. The Hall–Kier alpha value is -1.84. The van der Waals surface area contributed by atoms with Crippen LogP contribution in [-0.2, 0) is 15.0 Å². The van der Waals surface area contributed by atoms with Crippen LogP contribution in [0, 0.1) is 12.3 Å². The molecule has 1 saturated carbocycles. The van der Waals surface area contributed by atoms with Gasteiger partial charge >= 0.3 is 5.97 Å². The lowest BCUT2D eigenvalue weighted by Gasteiger charge is -2.41. The van der Waals surface area contributed by atoms with E-state index in [1.54, 1.807) is 13.8 Å². The highest BCUT2D eigenvalue weighted by Gasteiger charge is 2.46. The number of carbonyl (C=O) groups is 2. The number of aryl methyl sites for hydroxylation is 1. The molecule has 114 valence electrons. The summed E-state index contributed by atoms with van der Waals surface area (Å²) in [5.41, 5.74) is 0.755. The topological polar surface area (TPSA) is 66.4 Å². The van der Waals surface area contributed by atoms with E-state index in [2.05, 4.69) is 11.4 Å². The van der Waals surface area contributed by atoms with Gasteiger partial charge in [-0.1, -0.05) is 36.2 Å². The zero-order valence-electron chi connectivity index (χ0n) is 12.9. The molecule has 1 fully saturated rings. The van der Waals surface area contributed by atoms with Crippen molar-refractivity contribution in [3.63, 3.8) is 0 Å². The van der Waals surface area contributed by atoms with Crippen molar-refractivity contribution >= 4 is 11.9 Å². The second kappa shape index (κ2) is 5.51. The SMILES string of the molecule is Cc1cccc(C2(C(=O)NCC(C)(C)C(=O)O)CCC2)c1. The predicted octanol–water partition coefficient (Wildman–Crippen LogP) is 2.64. The van der Waals surface area contributed by atoms with Crippen LogP contribution in [0.3, 0.4) is 0 Å². The second-order valence-electron chi connectivity index (χ2n) is 6.68. The summed E-state index contributed by atoms with van der Waals surface area (Å²) in [4.78, 5) is 23.8. The van der Waals surface area contributed by atoms with Crippen LogP contribution in [0.5, 0.6) is 0 Å². The van der Waals surface area contributed by atoms with E-state index >= 15 is 0 Å².